The average Bonchev–Trinajstić information content (AvgIpc) is 3.48. The molecule has 1 fully saturated rings. The predicted molar refractivity (Wildman–Crippen MR) is 111 cm³/mol. The molecule has 0 spiro atoms. The van der Waals surface area contributed by atoms with Crippen LogP contribution in [0.5, 0.6) is 0 Å². The van der Waals surface area contributed by atoms with E-state index in [9.17, 15) is 4.79 Å². The number of piperazine rings is 1. The van der Waals surface area contributed by atoms with Gasteiger partial charge < -0.3 is 9.32 Å². The first-order valence-corrected chi connectivity index (χ1v) is 10.7. The number of carbonyl (C=O) groups is 1. The van der Waals surface area contributed by atoms with Crippen LogP contribution >= 0.6 is 11.3 Å². The van der Waals surface area contributed by atoms with E-state index >= 15 is 0 Å². The number of hydrogen-bond acceptors (Lipinski definition) is 8. The second-order valence-electron chi connectivity index (χ2n) is 7.38. The van der Waals surface area contributed by atoms with Gasteiger partial charge in [-0.25, -0.2) is 14.5 Å². The summed E-state index contributed by atoms with van der Waals surface area (Å²) in [6.45, 7) is 7.42. The van der Waals surface area contributed by atoms with Gasteiger partial charge in [0.05, 0.1) is 12.0 Å². The highest BCUT2D eigenvalue weighted by atomic mass is 32.1. The topological polar surface area (TPSA) is 92.7 Å². The maximum Gasteiger partial charge on any atom is 0.293 e. The van der Waals surface area contributed by atoms with E-state index in [0.717, 1.165) is 47.5 Å². The third kappa shape index (κ3) is 3.59. The zero-order chi connectivity index (χ0) is 20.7. The molecule has 0 aromatic carbocycles. The number of aromatic nitrogens is 5. The molecule has 0 saturated carbocycles. The Kier molecular flexibility index (Phi) is 4.80. The van der Waals surface area contributed by atoms with Crippen molar-refractivity contribution in [2.24, 2.45) is 0 Å². The van der Waals surface area contributed by atoms with Crippen LogP contribution in [0.1, 0.15) is 27.7 Å². The van der Waals surface area contributed by atoms with E-state index in [-0.39, 0.29) is 11.7 Å². The van der Waals surface area contributed by atoms with Gasteiger partial charge in [0.25, 0.3) is 11.7 Å². The number of carbonyl (C=O) groups excluding carboxylic acids is 1. The lowest BCUT2D eigenvalue weighted by atomic mass is 10.3. The maximum atomic E-state index is 12.9. The molecule has 1 aliphatic heterocycles. The van der Waals surface area contributed by atoms with Gasteiger partial charge in [0.1, 0.15) is 0 Å². The number of thiazole rings is 1. The standard InChI is InChI=1S/C20H21N7O2S/c1-13-10-14(2)27-20(21-13)23-17(24-27)19(28)26-7-5-25(6-8-26)11-15-12-30-18(22-15)16-4-3-9-29-16/h3-4,9-10,12H,5-8,11H2,1-2H3. The molecule has 0 atom stereocenters. The van der Waals surface area contributed by atoms with E-state index in [1.807, 2.05) is 36.9 Å². The lowest BCUT2D eigenvalue weighted by molar-refractivity contribution is 0.0615. The Morgan fingerprint density at radius 2 is 2.00 bits per heavy atom. The Bertz CT molecular complexity index is 1190. The summed E-state index contributed by atoms with van der Waals surface area (Å²) >= 11 is 1.58. The molecule has 10 heteroatoms. The van der Waals surface area contributed by atoms with E-state index in [1.165, 1.54) is 0 Å². The minimum Gasteiger partial charge on any atom is -0.462 e. The normalized spacial score (nSPS) is 15.2. The fourth-order valence-corrected chi connectivity index (χ4v) is 4.41. The second-order valence-corrected chi connectivity index (χ2v) is 8.23. The van der Waals surface area contributed by atoms with Crippen LogP contribution in [-0.4, -0.2) is 66.5 Å². The van der Waals surface area contributed by atoms with Crippen molar-refractivity contribution in [3.63, 3.8) is 0 Å². The van der Waals surface area contributed by atoms with Crippen molar-refractivity contribution >= 4 is 23.0 Å². The molecule has 0 N–H and O–H groups in total. The lowest BCUT2D eigenvalue weighted by Gasteiger charge is -2.33. The van der Waals surface area contributed by atoms with E-state index in [1.54, 1.807) is 22.1 Å². The highest BCUT2D eigenvalue weighted by molar-refractivity contribution is 7.13. The van der Waals surface area contributed by atoms with Crippen LogP contribution in [0.3, 0.4) is 0 Å². The molecular formula is C20H21N7O2S. The van der Waals surface area contributed by atoms with Crippen LogP contribution in [0.4, 0.5) is 0 Å². The van der Waals surface area contributed by atoms with Crippen LogP contribution < -0.4 is 0 Å². The monoisotopic (exact) mass is 423 g/mol. The zero-order valence-corrected chi connectivity index (χ0v) is 17.6. The Morgan fingerprint density at radius 1 is 1.17 bits per heavy atom. The van der Waals surface area contributed by atoms with Gasteiger partial charge in [0.2, 0.25) is 5.82 Å². The molecule has 0 aliphatic carbocycles. The van der Waals surface area contributed by atoms with Crippen molar-refractivity contribution in [3.05, 3.63) is 52.7 Å². The summed E-state index contributed by atoms with van der Waals surface area (Å²) in [6, 6.07) is 5.70. The lowest BCUT2D eigenvalue weighted by Crippen LogP contribution is -2.48. The Morgan fingerprint density at radius 3 is 2.77 bits per heavy atom. The minimum absolute atomic E-state index is 0.147. The van der Waals surface area contributed by atoms with Crippen molar-refractivity contribution in [3.8, 4) is 10.8 Å². The molecule has 9 nitrogen and oxygen atoms in total. The minimum atomic E-state index is -0.147. The summed E-state index contributed by atoms with van der Waals surface area (Å²) in [7, 11) is 0. The molecule has 154 valence electrons. The van der Waals surface area contributed by atoms with E-state index in [4.69, 9.17) is 4.42 Å². The zero-order valence-electron chi connectivity index (χ0n) is 16.8. The Hall–Kier alpha value is -3.11. The van der Waals surface area contributed by atoms with E-state index in [2.05, 4.69) is 30.3 Å². The average molecular weight is 424 g/mol. The van der Waals surface area contributed by atoms with Gasteiger partial charge in [0, 0.05) is 49.5 Å². The maximum absolute atomic E-state index is 12.9. The molecule has 5 heterocycles. The SMILES string of the molecule is Cc1cc(C)n2nc(C(=O)N3CCN(Cc4csc(-c5ccco5)n4)CC3)nc2n1. The van der Waals surface area contributed by atoms with E-state index in [0.29, 0.717) is 18.9 Å². The number of rotatable bonds is 4. The first kappa shape index (κ1) is 18.9. The van der Waals surface area contributed by atoms with Crippen molar-refractivity contribution in [1.29, 1.82) is 0 Å². The largest absolute Gasteiger partial charge is 0.462 e. The molecule has 1 amide bonds. The van der Waals surface area contributed by atoms with Gasteiger partial charge in [0.15, 0.2) is 10.8 Å². The smallest absolute Gasteiger partial charge is 0.293 e. The van der Waals surface area contributed by atoms with Crippen molar-refractivity contribution in [2.75, 3.05) is 26.2 Å². The molecule has 4 aromatic rings. The summed E-state index contributed by atoms with van der Waals surface area (Å²) in [5.74, 6) is 1.31. The third-order valence-electron chi connectivity index (χ3n) is 5.14. The molecule has 0 radical (unpaired) electrons. The fraction of sp³-hybridized carbons (Fsp3) is 0.350. The van der Waals surface area contributed by atoms with Crippen molar-refractivity contribution in [2.45, 2.75) is 20.4 Å². The molecule has 0 unspecified atom stereocenters. The van der Waals surface area contributed by atoms with Gasteiger partial charge in [-0.3, -0.25) is 9.69 Å². The third-order valence-corrected chi connectivity index (χ3v) is 6.04. The molecule has 0 bridgehead atoms. The predicted octanol–water partition coefficient (Wildman–Crippen LogP) is 2.42. The van der Waals surface area contributed by atoms with E-state index < -0.39 is 0 Å². The number of fused-ring (bicyclic) bond motifs is 1. The van der Waals surface area contributed by atoms with Gasteiger partial charge in [-0.2, -0.15) is 4.98 Å². The van der Waals surface area contributed by atoms with Gasteiger partial charge in [-0.05, 0) is 32.0 Å². The molecule has 5 rings (SSSR count). The number of amides is 1. The summed E-state index contributed by atoms with van der Waals surface area (Å²) < 4.78 is 7.03. The fourth-order valence-electron chi connectivity index (χ4n) is 3.63. The molecule has 1 aliphatic rings. The summed E-state index contributed by atoms with van der Waals surface area (Å²) in [4.78, 5) is 30.4. The molecular weight excluding hydrogens is 402 g/mol. The van der Waals surface area contributed by atoms with Crippen LogP contribution in [0.25, 0.3) is 16.5 Å². The summed E-state index contributed by atoms with van der Waals surface area (Å²) in [6.07, 6.45) is 1.66. The molecule has 30 heavy (non-hydrogen) atoms. The Balaban J connectivity index is 1.22. The van der Waals surface area contributed by atoms with Gasteiger partial charge >= 0.3 is 0 Å². The first-order valence-electron chi connectivity index (χ1n) is 9.78. The van der Waals surface area contributed by atoms with Crippen LogP contribution in [-0.2, 0) is 6.54 Å². The molecule has 4 aromatic heterocycles. The summed E-state index contributed by atoms with van der Waals surface area (Å²) in [5, 5.41) is 7.32. The van der Waals surface area contributed by atoms with Crippen molar-refractivity contribution in [1.82, 2.24) is 34.4 Å². The second kappa shape index (κ2) is 7.62. The van der Waals surface area contributed by atoms with Crippen LogP contribution in [0, 0.1) is 13.8 Å². The molecule has 1 saturated heterocycles. The number of hydrogen-bond donors (Lipinski definition) is 0. The van der Waals surface area contributed by atoms with Crippen molar-refractivity contribution < 1.29 is 9.21 Å². The van der Waals surface area contributed by atoms with Gasteiger partial charge in [-0.15, -0.1) is 16.4 Å². The Labute approximate surface area is 177 Å². The van der Waals surface area contributed by atoms with Crippen LogP contribution in [0.15, 0.2) is 34.3 Å². The number of nitrogens with zero attached hydrogens (tertiary/aromatic N) is 7. The highest BCUT2D eigenvalue weighted by Gasteiger charge is 2.26. The first-order chi connectivity index (χ1) is 14.6. The number of aryl methyl sites for hydroxylation is 2. The summed E-state index contributed by atoms with van der Waals surface area (Å²) in [5.41, 5.74) is 2.79. The quantitative estimate of drug-likeness (QED) is 0.498. The number of furan rings is 1. The van der Waals surface area contributed by atoms with Crippen LogP contribution in [0.2, 0.25) is 0 Å². The highest BCUT2D eigenvalue weighted by Crippen LogP contribution is 2.24. The van der Waals surface area contributed by atoms with Gasteiger partial charge in [-0.1, -0.05) is 0 Å².